The number of ether oxygens (including phenoxy) is 1. The molecule has 6 nitrogen and oxygen atoms in total. The Morgan fingerprint density at radius 3 is 2.57 bits per heavy atom. The Bertz CT molecular complexity index is 1030. The van der Waals surface area contributed by atoms with Crippen molar-refractivity contribution in [1.29, 1.82) is 0 Å². The Hall–Kier alpha value is -3.51. The third kappa shape index (κ3) is 5.30. The third-order valence-corrected chi connectivity index (χ3v) is 4.68. The average Bonchev–Trinajstić information content (AvgIpc) is 2.78. The number of rotatable bonds is 8. The standard InChI is InChI=1S/C24H24N2O4/c1-3-22(28)18-11-9-17(10-12-18)15-26-23(29)21-8-5-13-25-24(21)30-20-7-4-6-19(14-20)16(2)27/h4-14,22,28H,3,15H2,1-2H3,(H,26,29). The quantitative estimate of drug-likeness (QED) is 0.542. The Morgan fingerprint density at radius 1 is 1.10 bits per heavy atom. The van der Waals surface area contributed by atoms with Crippen LogP contribution < -0.4 is 10.1 Å². The minimum Gasteiger partial charge on any atom is -0.438 e. The van der Waals surface area contributed by atoms with E-state index in [0.29, 0.717) is 29.8 Å². The van der Waals surface area contributed by atoms with Gasteiger partial charge in [0.15, 0.2) is 5.78 Å². The number of carbonyl (C=O) groups is 2. The van der Waals surface area contributed by atoms with E-state index in [0.717, 1.165) is 11.1 Å². The number of carbonyl (C=O) groups excluding carboxylic acids is 2. The first-order valence-electron chi connectivity index (χ1n) is 9.77. The normalized spacial score (nSPS) is 11.6. The number of hydrogen-bond donors (Lipinski definition) is 2. The van der Waals surface area contributed by atoms with Gasteiger partial charge in [0, 0.05) is 18.3 Å². The Morgan fingerprint density at radius 2 is 1.87 bits per heavy atom. The van der Waals surface area contributed by atoms with E-state index in [4.69, 9.17) is 4.74 Å². The van der Waals surface area contributed by atoms with E-state index >= 15 is 0 Å². The molecule has 0 aliphatic carbocycles. The second-order valence-electron chi connectivity index (χ2n) is 6.89. The molecule has 0 aliphatic heterocycles. The summed E-state index contributed by atoms with van der Waals surface area (Å²) in [7, 11) is 0. The molecule has 0 spiro atoms. The summed E-state index contributed by atoms with van der Waals surface area (Å²) in [6.45, 7) is 3.73. The minimum absolute atomic E-state index is 0.0723. The monoisotopic (exact) mass is 404 g/mol. The molecule has 3 aromatic rings. The fraction of sp³-hybridized carbons (Fsp3) is 0.208. The molecule has 1 amide bonds. The van der Waals surface area contributed by atoms with Gasteiger partial charge in [-0.1, -0.05) is 43.3 Å². The van der Waals surface area contributed by atoms with Crippen molar-refractivity contribution in [2.45, 2.75) is 32.9 Å². The zero-order chi connectivity index (χ0) is 21.5. The Labute approximate surface area is 175 Å². The van der Waals surface area contributed by atoms with Crippen LogP contribution in [0.15, 0.2) is 66.9 Å². The lowest BCUT2D eigenvalue weighted by Crippen LogP contribution is -2.23. The molecular formula is C24H24N2O4. The number of nitrogens with zero attached hydrogens (tertiary/aromatic N) is 1. The van der Waals surface area contributed by atoms with Crippen molar-refractivity contribution in [3.63, 3.8) is 0 Å². The smallest absolute Gasteiger partial charge is 0.257 e. The van der Waals surface area contributed by atoms with Gasteiger partial charge in [-0.3, -0.25) is 9.59 Å². The van der Waals surface area contributed by atoms with Crippen LogP contribution in [0.4, 0.5) is 0 Å². The van der Waals surface area contributed by atoms with E-state index in [9.17, 15) is 14.7 Å². The molecule has 1 aromatic heterocycles. The molecule has 1 unspecified atom stereocenters. The summed E-state index contributed by atoms with van der Waals surface area (Å²) in [5.41, 5.74) is 2.58. The molecule has 0 saturated carbocycles. The second kappa shape index (κ2) is 9.80. The maximum absolute atomic E-state index is 12.7. The van der Waals surface area contributed by atoms with Crippen molar-refractivity contribution in [1.82, 2.24) is 10.3 Å². The number of aliphatic hydroxyl groups is 1. The summed E-state index contributed by atoms with van der Waals surface area (Å²) < 4.78 is 5.78. The molecule has 0 fully saturated rings. The summed E-state index contributed by atoms with van der Waals surface area (Å²) >= 11 is 0. The Balaban J connectivity index is 1.70. The van der Waals surface area contributed by atoms with Gasteiger partial charge in [-0.05, 0) is 48.7 Å². The van der Waals surface area contributed by atoms with E-state index < -0.39 is 6.10 Å². The van der Waals surface area contributed by atoms with Crippen LogP contribution in [0.2, 0.25) is 0 Å². The van der Waals surface area contributed by atoms with Gasteiger partial charge in [0.1, 0.15) is 11.3 Å². The van der Waals surface area contributed by atoms with Gasteiger partial charge >= 0.3 is 0 Å². The van der Waals surface area contributed by atoms with E-state index in [-0.39, 0.29) is 17.6 Å². The Kier molecular flexibility index (Phi) is 6.93. The second-order valence-corrected chi connectivity index (χ2v) is 6.89. The maximum atomic E-state index is 12.7. The zero-order valence-electron chi connectivity index (χ0n) is 17.0. The van der Waals surface area contributed by atoms with Crippen LogP contribution in [0, 0.1) is 0 Å². The third-order valence-electron chi connectivity index (χ3n) is 4.68. The van der Waals surface area contributed by atoms with Crippen LogP contribution in [0.1, 0.15) is 58.2 Å². The number of Topliss-reactive ketones (excluding diaryl/α,β-unsaturated/α-hetero) is 1. The zero-order valence-corrected chi connectivity index (χ0v) is 17.0. The number of aliphatic hydroxyl groups excluding tert-OH is 1. The lowest BCUT2D eigenvalue weighted by Gasteiger charge is -2.12. The summed E-state index contributed by atoms with van der Waals surface area (Å²) in [6, 6.07) is 17.5. The van der Waals surface area contributed by atoms with Crippen molar-refractivity contribution < 1.29 is 19.4 Å². The average molecular weight is 404 g/mol. The first-order valence-corrected chi connectivity index (χ1v) is 9.77. The maximum Gasteiger partial charge on any atom is 0.257 e. The molecule has 2 N–H and O–H groups in total. The number of nitrogens with one attached hydrogen (secondary N) is 1. The van der Waals surface area contributed by atoms with Crippen molar-refractivity contribution in [2.24, 2.45) is 0 Å². The van der Waals surface area contributed by atoms with Crippen LogP contribution in [0.3, 0.4) is 0 Å². The van der Waals surface area contributed by atoms with Crippen LogP contribution in [0.25, 0.3) is 0 Å². The predicted octanol–water partition coefficient (Wildman–Crippen LogP) is 4.45. The summed E-state index contributed by atoms with van der Waals surface area (Å²) in [6.07, 6.45) is 1.71. The summed E-state index contributed by atoms with van der Waals surface area (Å²) in [5.74, 6) is 0.202. The molecule has 2 aromatic carbocycles. The van der Waals surface area contributed by atoms with Gasteiger partial charge in [-0.25, -0.2) is 4.98 Å². The van der Waals surface area contributed by atoms with Crippen molar-refractivity contribution in [3.8, 4) is 11.6 Å². The van der Waals surface area contributed by atoms with Gasteiger partial charge in [0.05, 0.1) is 6.10 Å². The minimum atomic E-state index is -0.481. The number of benzene rings is 2. The predicted molar refractivity (Wildman–Crippen MR) is 114 cm³/mol. The molecule has 30 heavy (non-hydrogen) atoms. The molecule has 0 saturated heterocycles. The van der Waals surface area contributed by atoms with E-state index in [1.165, 1.54) is 6.92 Å². The van der Waals surface area contributed by atoms with Gasteiger partial charge in [-0.2, -0.15) is 0 Å². The largest absolute Gasteiger partial charge is 0.438 e. The number of amides is 1. The van der Waals surface area contributed by atoms with Crippen molar-refractivity contribution >= 4 is 11.7 Å². The van der Waals surface area contributed by atoms with Gasteiger partial charge in [0.2, 0.25) is 5.88 Å². The van der Waals surface area contributed by atoms with Gasteiger partial charge in [0.25, 0.3) is 5.91 Å². The SMILES string of the molecule is CCC(O)c1ccc(CNC(=O)c2cccnc2Oc2cccc(C(C)=O)c2)cc1. The molecule has 6 heteroatoms. The highest BCUT2D eigenvalue weighted by Crippen LogP contribution is 2.24. The highest BCUT2D eigenvalue weighted by atomic mass is 16.5. The number of aromatic nitrogens is 1. The molecule has 0 bridgehead atoms. The molecule has 154 valence electrons. The van der Waals surface area contributed by atoms with E-state index in [1.807, 2.05) is 31.2 Å². The summed E-state index contributed by atoms with van der Waals surface area (Å²) in [5, 5.41) is 12.7. The highest BCUT2D eigenvalue weighted by Gasteiger charge is 2.15. The molecule has 0 radical (unpaired) electrons. The summed E-state index contributed by atoms with van der Waals surface area (Å²) in [4.78, 5) is 28.4. The fourth-order valence-corrected chi connectivity index (χ4v) is 2.91. The molecule has 3 rings (SSSR count). The molecule has 0 aliphatic rings. The lowest BCUT2D eigenvalue weighted by atomic mass is 10.1. The highest BCUT2D eigenvalue weighted by molar-refractivity contribution is 5.96. The van der Waals surface area contributed by atoms with Crippen LogP contribution in [0.5, 0.6) is 11.6 Å². The lowest BCUT2D eigenvalue weighted by molar-refractivity contribution is 0.0946. The number of ketones is 1. The van der Waals surface area contributed by atoms with E-state index in [2.05, 4.69) is 10.3 Å². The molecule has 1 heterocycles. The number of pyridine rings is 1. The fourth-order valence-electron chi connectivity index (χ4n) is 2.91. The topological polar surface area (TPSA) is 88.5 Å². The number of hydrogen-bond acceptors (Lipinski definition) is 5. The van der Waals surface area contributed by atoms with Gasteiger partial charge in [-0.15, -0.1) is 0 Å². The molecular weight excluding hydrogens is 380 g/mol. The van der Waals surface area contributed by atoms with Crippen LogP contribution in [-0.2, 0) is 6.54 Å². The van der Waals surface area contributed by atoms with E-state index in [1.54, 1.807) is 42.6 Å². The first kappa shape index (κ1) is 21.2. The van der Waals surface area contributed by atoms with Crippen LogP contribution >= 0.6 is 0 Å². The van der Waals surface area contributed by atoms with Crippen molar-refractivity contribution in [2.75, 3.05) is 0 Å². The van der Waals surface area contributed by atoms with Crippen LogP contribution in [-0.4, -0.2) is 21.8 Å². The van der Waals surface area contributed by atoms with Gasteiger partial charge < -0.3 is 15.2 Å². The molecule has 1 atom stereocenters. The van der Waals surface area contributed by atoms with Crippen molar-refractivity contribution in [3.05, 3.63) is 89.1 Å². The first-order chi connectivity index (χ1) is 14.5.